The van der Waals surface area contributed by atoms with E-state index in [1.165, 1.54) is 30.6 Å². The van der Waals surface area contributed by atoms with Crippen molar-refractivity contribution in [2.45, 2.75) is 6.10 Å². The van der Waals surface area contributed by atoms with Crippen molar-refractivity contribution in [1.29, 1.82) is 0 Å². The summed E-state index contributed by atoms with van der Waals surface area (Å²) in [5, 5.41) is 2.75. The molecule has 0 aliphatic heterocycles. The van der Waals surface area contributed by atoms with Crippen LogP contribution in [0, 0.1) is 5.82 Å². The van der Waals surface area contributed by atoms with Crippen molar-refractivity contribution in [3.05, 3.63) is 57.0 Å². The Kier molecular flexibility index (Phi) is 5.11. The number of ether oxygens (including phenoxy) is 1. The minimum Gasteiger partial charge on any atom is -0.375 e. The molecule has 2 rings (SSSR count). The molecule has 0 aliphatic rings. The number of benzene rings is 1. The van der Waals surface area contributed by atoms with Crippen molar-refractivity contribution < 1.29 is 13.9 Å². The van der Waals surface area contributed by atoms with Gasteiger partial charge in [0, 0.05) is 13.7 Å². The van der Waals surface area contributed by atoms with Gasteiger partial charge in [0.15, 0.2) is 0 Å². The maximum absolute atomic E-state index is 13.2. The van der Waals surface area contributed by atoms with Crippen molar-refractivity contribution in [3.63, 3.8) is 0 Å². The fraction of sp³-hybridized carbons (Fsp3) is 0.214. The van der Waals surface area contributed by atoms with E-state index in [-0.39, 0.29) is 18.3 Å². The van der Waals surface area contributed by atoms with Gasteiger partial charge < -0.3 is 10.1 Å². The quantitative estimate of drug-likeness (QED) is 0.915. The Bertz CT molecular complexity index is 602. The Balaban J connectivity index is 1.99. The monoisotopic (exact) mass is 313 g/mol. The summed E-state index contributed by atoms with van der Waals surface area (Å²) in [5.41, 5.74) is 0.678. The number of rotatable bonds is 5. The van der Waals surface area contributed by atoms with Crippen molar-refractivity contribution in [2.24, 2.45) is 0 Å². The molecule has 106 valence electrons. The predicted molar refractivity (Wildman–Crippen MR) is 77.8 cm³/mol. The van der Waals surface area contributed by atoms with Gasteiger partial charge in [-0.3, -0.25) is 4.79 Å². The molecular weight excluding hydrogens is 301 g/mol. The fourth-order valence-corrected chi connectivity index (χ4v) is 2.71. The highest BCUT2D eigenvalue weighted by atomic mass is 35.5. The Morgan fingerprint density at radius 2 is 2.25 bits per heavy atom. The first kappa shape index (κ1) is 15.0. The molecule has 0 saturated carbocycles. The van der Waals surface area contributed by atoms with Crippen LogP contribution in [0.25, 0.3) is 0 Å². The second-order valence-electron chi connectivity index (χ2n) is 4.09. The lowest BCUT2D eigenvalue weighted by molar-refractivity contribution is 0.0830. The maximum atomic E-state index is 13.2. The third-order valence-electron chi connectivity index (χ3n) is 2.75. The van der Waals surface area contributed by atoms with E-state index in [1.54, 1.807) is 24.3 Å². The zero-order chi connectivity index (χ0) is 14.5. The predicted octanol–water partition coefficient (Wildman–Crippen LogP) is 3.66. The van der Waals surface area contributed by atoms with Crippen LogP contribution in [0.15, 0.2) is 36.4 Å². The summed E-state index contributed by atoms with van der Waals surface area (Å²) >= 11 is 6.99. The van der Waals surface area contributed by atoms with Crippen LogP contribution in [-0.2, 0) is 4.74 Å². The molecule has 0 fully saturated rings. The van der Waals surface area contributed by atoms with E-state index in [0.717, 1.165) is 0 Å². The van der Waals surface area contributed by atoms with Gasteiger partial charge >= 0.3 is 0 Å². The number of amides is 1. The zero-order valence-electron chi connectivity index (χ0n) is 10.7. The lowest BCUT2D eigenvalue weighted by atomic mass is 10.1. The lowest BCUT2D eigenvalue weighted by Gasteiger charge is -2.16. The number of nitrogens with one attached hydrogen (secondary N) is 1. The highest BCUT2D eigenvalue weighted by molar-refractivity contribution is 7.17. The molecule has 1 heterocycles. The minimum absolute atomic E-state index is 0.222. The fourth-order valence-electron chi connectivity index (χ4n) is 1.75. The summed E-state index contributed by atoms with van der Waals surface area (Å²) in [6.07, 6.45) is -0.398. The summed E-state index contributed by atoms with van der Waals surface area (Å²) in [7, 11) is 1.52. The first-order valence-corrected chi connectivity index (χ1v) is 7.11. The third-order valence-corrected chi connectivity index (χ3v) is 3.98. The van der Waals surface area contributed by atoms with Crippen LogP contribution in [0.2, 0.25) is 4.34 Å². The first-order chi connectivity index (χ1) is 9.60. The van der Waals surface area contributed by atoms with Gasteiger partial charge in [-0.15, -0.1) is 11.3 Å². The molecule has 1 aromatic carbocycles. The number of hydrogen-bond donors (Lipinski definition) is 1. The minimum atomic E-state index is -0.398. The summed E-state index contributed by atoms with van der Waals surface area (Å²) in [4.78, 5) is 12.4. The molecule has 1 N–H and O–H groups in total. The third kappa shape index (κ3) is 3.79. The van der Waals surface area contributed by atoms with Crippen LogP contribution in [0.1, 0.15) is 21.3 Å². The standard InChI is InChI=1S/C14H13ClFNO2S/c1-19-11(9-3-2-4-10(16)7-9)8-17-14(18)12-5-6-13(15)20-12/h2-7,11H,8H2,1H3,(H,17,18)/t11-/m0/s1. The molecule has 1 aromatic heterocycles. The molecule has 6 heteroatoms. The zero-order valence-corrected chi connectivity index (χ0v) is 12.3. The van der Waals surface area contributed by atoms with Crippen LogP contribution in [-0.4, -0.2) is 19.6 Å². The van der Waals surface area contributed by atoms with Crippen LogP contribution >= 0.6 is 22.9 Å². The smallest absolute Gasteiger partial charge is 0.261 e. The molecule has 1 atom stereocenters. The Morgan fingerprint density at radius 3 is 2.85 bits per heavy atom. The van der Waals surface area contributed by atoms with Crippen molar-refractivity contribution >= 4 is 28.8 Å². The molecule has 0 saturated heterocycles. The largest absolute Gasteiger partial charge is 0.375 e. The second-order valence-corrected chi connectivity index (χ2v) is 5.81. The number of carbonyl (C=O) groups excluding carboxylic acids is 1. The maximum Gasteiger partial charge on any atom is 0.261 e. The van der Waals surface area contributed by atoms with Gasteiger partial charge in [0.1, 0.15) is 5.82 Å². The molecule has 0 aliphatic carbocycles. The molecule has 0 unspecified atom stereocenters. The van der Waals surface area contributed by atoms with Gasteiger partial charge in [-0.05, 0) is 29.8 Å². The number of thiophene rings is 1. The average molecular weight is 314 g/mol. The Labute approximate surface area is 125 Å². The molecule has 2 aromatic rings. The second kappa shape index (κ2) is 6.83. The van der Waals surface area contributed by atoms with E-state index >= 15 is 0 Å². The van der Waals surface area contributed by atoms with Crippen molar-refractivity contribution in [3.8, 4) is 0 Å². The molecular formula is C14H13ClFNO2S. The molecule has 0 spiro atoms. The average Bonchev–Trinajstić information content (AvgIpc) is 2.86. The van der Waals surface area contributed by atoms with Crippen LogP contribution in [0.4, 0.5) is 4.39 Å². The number of halogens is 2. The van der Waals surface area contributed by atoms with E-state index < -0.39 is 6.10 Å². The van der Waals surface area contributed by atoms with Gasteiger partial charge in [-0.2, -0.15) is 0 Å². The lowest BCUT2D eigenvalue weighted by Crippen LogP contribution is -2.28. The number of carbonyl (C=O) groups is 1. The molecule has 3 nitrogen and oxygen atoms in total. The Morgan fingerprint density at radius 1 is 1.45 bits per heavy atom. The number of methoxy groups -OCH3 is 1. The molecule has 0 radical (unpaired) electrons. The van der Waals surface area contributed by atoms with E-state index in [0.29, 0.717) is 14.8 Å². The van der Waals surface area contributed by atoms with Crippen LogP contribution < -0.4 is 5.32 Å². The topological polar surface area (TPSA) is 38.3 Å². The van der Waals surface area contributed by atoms with Crippen molar-refractivity contribution in [1.82, 2.24) is 5.32 Å². The molecule has 0 bridgehead atoms. The van der Waals surface area contributed by atoms with E-state index in [1.807, 2.05) is 0 Å². The highest BCUT2D eigenvalue weighted by Gasteiger charge is 2.14. The molecule has 1 amide bonds. The normalized spacial score (nSPS) is 12.2. The van der Waals surface area contributed by atoms with Gasteiger partial charge in [0.05, 0.1) is 15.3 Å². The Hall–Kier alpha value is -1.43. The first-order valence-electron chi connectivity index (χ1n) is 5.92. The van der Waals surface area contributed by atoms with E-state index in [2.05, 4.69) is 5.32 Å². The van der Waals surface area contributed by atoms with Gasteiger partial charge in [-0.1, -0.05) is 23.7 Å². The summed E-state index contributed by atoms with van der Waals surface area (Å²) in [5.74, 6) is -0.554. The van der Waals surface area contributed by atoms with Gasteiger partial charge in [0.25, 0.3) is 5.91 Å². The summed E-state index contributed by atoms with van der Waals surface area (Å²) in [6, 6.07) is 9.45. The van der Waals surface area contributed by atoms with Gasteiger partial charge in [-0.25, -0.2) is 4.39 Å². The van der Waals surface area contributed by atoms with E-state index in [4.69, 9.17) is 16.3 Å². The number of hydrogen-bond acceptors (Lipinski definition) is 3. The SMILES string of the molecule is CO[C@@H](CNC(=O)c1ccc(Cl)s1)c1cccc(F)c1. The molecule has 20 heavy (non-hydrogen) atoms. The summed E-state index contributed by atoms with van der Waals surface area (Å²) < 4.78 is 19.0. The highest BCUT2D eigenvalue weighted by Crippen LogP contribution is 2.22. The van der Waals surface area contributed by atoms with Gasteiger partial charge in [0.2, 0.25) is 0 Å². The van der Waals surface area contributed by atoms with Crippen LogP contribution in [0.3, 0.4) is 0 Å². The van der Waals surface area contributed by atoms with Crippen molar-refractivity contribution in [2.75, 3.05) is 13.7 Å². The summed E-state index contributed by atoms with van der Waals surface area (Å²) in [6.45, 7) is 0.258. The van der Waals surface area contributed by atoms with E-state index in [9.17, 15) is 9.18 Å². The van der Waals surface area contributed by atoms with Crippen LogP contribution in [0.5, 0.6) is 0 Å².